The fraction of sp³-hybridized carbons (Fsp3) is 0.542. The third-order valence-electron chi connectivity index (χ3n) is 5.96. The lowest BCUT2D eigenvalue weighted by Crippen LogP contribution is -2.43. The van der Waals surface area contributed by atoms with Gasteiger partial charge in [0.15, 0.2) is 0 Å². The maximum atomic E-state index is 14.0. The van der Waals surface area contributed by atoms with Gasteiger partial charge in [0.25, 0.3) is 0 Å². The molecular weight excluding hydrogens is 383 g/mol. The van der Waals surface area contributed by atoms with Crippen LogP contribution in [0.4, 0.5) is 4.39 Å². The van der Waals surface area contributed by atoms with Crippen LogP contribution in [0.1, 0.15) is 49.6 Å². The summed E-state index contributed by atoms with van der Waals surface area (Å²) in [6.07, 6.45) is 0. The Labute approximate surface area is 178 Å². The summed E-state index contributed by atoms with van der Waals surface area (Å²) >= 11 is 1.80. The number of carbonyl (C=O) groups is 1. The number of amides is 1. The monoisotopic (exact) mass is 416 g/mol. The average molecular weight is 417 g/mol. The second-order valence-corrected chi connectivity index (χ2v) is 9.88. The number of thiophene rings is 1. The normalized spacial score (nSPS) is 20.0. The molecule has 1 aliphatic rings. The van der Waals surface area contributed by atoms with Gasteiger partial charge in [-0.1, -0.05) is 26.0 Å². The molecule has 0 saturated carbocycles. The molecule has 1 fully saturated rings. The van der Waals surface area contributed by atoms with Gasteiger partial charge < -0.3 is 4.90 Å². The topological polar surface area (TPSA) is 23.6 Å². The van der Waals surface area contributed by atoms with Crippen molar-refractivity contribution >= 4 is 17.2 Å². The number of hydrogen-bond acceptors (Lipinski definition) is 3. The first-order chi connectivity index (χ1) is 13.8. The van der Waals surface area contributed by atoms with Gasteiger partial charge in [-0.05, 0) is 61.4 Å². The Morgan fingerprint density at radius 2 is 2.00 bits per heavy atom. The number of hydrogen-bond donors (Lipinski definition) is 0. The van der Waals surface area contributed by atoms with Crippen molar-refractivity contribution in [2.24, 2.45) is 11.8 Å². The van der Waals surface area contributed by atoms with Crippen molar-refractivity contribution in [2.75, 3.05) is 19.6 Å². The minimum atomic E-state index is -0.187. The molecule has 3 rings (SSSR count). The van der Waals surface area contributed by atoms with E-state index in [1.165, 1.54) is 16.5 Å². The second-order valence-electron chi connectivity index (χ2n) is 8.88. The Bertz CT molecular complexity index is 832. The van der Waals surface area contributed by atoms with Gasteiger partial charge in [0.2, 0.25) is 5.91 Å². The first-order valence-electron chi connectivity index (χ1n) is 10.6. The third kappa shape index (κ3) is 5.26. The highest BCUT2D eigenvalue weighted by atomic mass is 32.1. The van der Waals surface area contributed by atoms with Crippen molar-refractivity contribution in [3.8, 4) is 0 Å². The van der Waals surface area contributed by atoms with Crippen LogP contribution in [0.2, 0.25) is 0 Å². The minimum Gasteiger partial charge on any atom is -0.340 e. The van der Waals surface area contributed by atoms with Gasteiger partial charge in [-0.3, -0.25) is 9.69 Å². The maximum absolute atomic E-state index is 14.0. The molecular formula is C24H33FN2OS. The number of halogens is 1. The molecule has 5 heteroatoms. The molecule has 0 N–H and O–H groups in total. The lowest BCUT2D eigenvalue weighted by atomic mass is 9.88. The van der Waals surface area contributed by atoms with Gasteiger partial charge in [0, 0.05) is 48.9 Å². The predicted molar refractivity (Wildman–Crippen MR) is 119 cm³/mol. The molecule has 1 aliphatic heterocycles. The second kappa shape index (κ2) is 9.40. The van der Waals surface area contributed by atoms with Gasteiger partial charge in [-0.2, -0.15) is 0 Å². The summed E-state index contributed by atoms with van der Waals surface area (Å²) in [6.45, 7) is 13.7. The molecule has 2 aromatic rings. The molecule has 3 nitrogen and oxygen atoms in total. The fourth-order valence-electron chi connectivity index (χ4n) is 4.30. The van der Waals surface area contributed by atoms with Crippen LogP contribution in [0, 0.1) is 24.6 Å². The summed E-state index contributed by atoms with van der Waals surface area (Å²) < 4.78 is 14.0. The van der Waals surface area contributed by atoms with E-state index in [1.54, 1.807) is 23.5 Å². The van der Waals surface area contributed by atoms with E-state index >= 15 is 0 Å². The van der Waals surface area contributed by atoms with Crippen LogP contribution >= 0.6 is 11.3 Å². The highest BCUT2D eigenvalue weighted by Gasteiger charge is 2.37. The van der Waals surface area contributed by atoms with Crippen molar-refractivity contribution in [3.05, 3.63) is 57.5 Å². The van der Waals surface area contributed by atoms with Crippen molar-refractivity contribution in [2.45, 2.75) is 53.1 Å². The van der Waals surface area contributed by atoms with Gasteiger partial charge >= 0.3 is 0 Å². The standard InChI is InChI=1S/C24H33FN2OS/c1-16(2)24(28)27(17(3)4)13-20-12-26(15-23-18(5)9-10-29-23)14-22(20)19-7-6-8-21(25)11-19/h6-11,16-17,20,22H,12-15H2,1-5H3/t20-,22+/m0/s1. The molecule has 2 heterocycles. The highest BCUT2D eigenvalue weighted by molar-refractivity contribution is 7.10. The Morgan fingerprint density at radius 1 is 1.24 bits per heavy atom. The molecule has 2 atom stereocenters. The molecule has 29 heavy (non-hydrogen) atoms. The molecule has 1 saturated heterocycles. The van der Waals surface area contributed by atoms with Crippen LogP contribution in [0.25, 0.3) is 0 Å². The van der Waals surface area contributed by atoms with E-state index in [9.17, 15) is 9.18 Å². The quantitative estimate of drug-likeness (QED) is 0.611. The van der Waals surface area contributed by atoms with E-state index < -0.39 is 0 Å². The lowest BCUT2D eigenvalue weighted by Gasteiger charge is -2.33. The van der Waals surface area contributed by atoms with Crippen LogP contribution in [0.15, 0.2) is 35.7 Å². The number of rotatable bonds is 7. The van der Waals surface area contributed by atoms with Gasteiger partial charge in [-0.25, -0.2) is 4.39 Å². The molecule has 1 aromatic heterocycles. The number of likely N-dealkylation sites (tertiary alicyclic amines) is 1. The number of carbonyl (C=O) groups excluding carboxylic acids is 1. The smallest absolute Gasteiger partial charge is 0.225 e. The Morgan fingerprint density at radius 3 is 2.59 bits per heavy atom. The van der Waals surface area contributed by atoms with E-state index in [0.717, 1.165) is 31.7 Å². The van der Waals surface area contributed by atoms with Crippen molar-refractivity contribution in [1.82, 2.24) is 9.80 Å². The SMILES string of the molecule is Cc1ccsc1CN1C[C@@H](CN(C(=O)C(C)C)C(C)C)[C@@H](c2cccc(F)c2)C1. The number of benzene rings is 1. The van der Waals surface area contributed by atoms with Gasteiger partial charge in [0.05, 0.1) is 0 Å². The van der Waals surface area contributed by atoms with Crippen LogP contribution < -0.4 is 0 Å². The molecule has 1 amide bonds. The van der Waals surface area contributed by atoms with Crippen molar-refractivity contribution in [3.63, 3.8) is 0 Å². The first kappa shape index (κ1) is 22.0. The Hall–Kier alpha value is -1.72. The zero-order chi connectivity index (χ0) is 21.1. The summed E-state index contributed by atoms with van der Waals surface area (Å²) in [5.74, 6) is 0.518. The van der Waals surface area contributed by atoms with Crippen molar-refractivity contribution in [1.29, 1.82) is 0 Å². The van der Waals surface area contributed by atoms with E-state index in [1.807, 2.05) is 24.8 Å². The van der Waals surface area contributed by atoms with E-state index in [0.29, 0.717) is 5.92 Å². The third-order valence-corrected chi connectivity index (χ3v) is 6.97. The molecule has 0 aliphatic carbocycles. The maximum Gasteiger partial charge on any atom is 0.225 e. The summed E-state index contributed by atoms with van der Waals surface area (Å²) in [4.78, 5) is 18.7. The number of aryl methyl sites for hydroxylation is 1. The summed E-state index contributed by atoms with van der Waals surface area (Å²) in [5, 5.41) is 2.14. The van der Waals surface area contributed by atoms with E-state index in [4.69, 9.17) is 0 Å². The average Bonchev–Trinajstić information content (AvgIpc) is 3.25. The molecule has 0 spiro atoms. The van der Waals surface area contributed by atoms with Gasteiger partial charge in [-0.15, -0.1) is 11.3 Å². The molecule has 0 unspecified atom stereocenters. The molecule has 0 radical (unpaired) electrons. The minimum absolute atomic E-state index is 0.0173. The van der Waals surface area contributed by atoms with Crippen LogP contribution in [0.3, 0.4) is 0 Å². The van der Waals surface area contributed by atoms with Crippen LogP contribution in [-0.4, -0.2) is 41.4 Å². The largest absolute Gasteiger partial charge is 0.340 e. The van der Waals surface area contributed by atoms with Crippen molar-refractivity contribution < 1.29 is 9.18 Å². The van der Waals surface area contributed by atoms with E-state index in [2.05, 4.69) is 37.1 Å². The van der Waals surface area contributed by atoms with Gasteiger partial charge in [0.1, 0.15) is 5.82 Å². The van der Waals surface area contributed by atoms with Crippen LogP contribution in [0.5, 0.6) is 0 Å². The summed E-state index contributed by atoms with van der Waals surface area (Å²) in [7, 11) is 0. The first-order valence-corrected chi connectivity index (χ1v) is 11.5. The molecule has 1 aromatic carbocycles. The Balaban J connectivity index is 1.84. The van der Waals surface area contributed by atoms with E-state index in [-0.39, 0.29) is 29.6 Å². The lowest BCUT2D eigenvalue weighted by molar-refractivity contribution is -0.136. The van der Waals surface area contributed by atoms with Crippen LogP contribution in [-0.2, 0) is 11.3 Å². The highest BCUT2D eigenvalue weighted by Crippen LogP contribution is 2.35. The number of nitrogens with zero attached hydrogens (tertiary/aromatic N) is 2. The predicted octanol–water partition coefficient (Wildman–Crippen LogP) is 5.30. The molecule has 0 bridgehead atoms. The fourth-order valence-corrected chi connectivity index (χ4v) is 5.25. The molecule has 158 valence electrons. The zero-order valence-corrected chi connectivity index (χ0v) is 19.0. The zero-order valence-electron chi connectivity index (χ0n) is 18.2. The summed E-state index contributed by atoms with van der Waals surface area (Å²) in [5.41, 5.74) is 2.38. The Kier molecular flexibility index (Phi) is 7.12. The summed E-state index contributed by atoms with van der Waals surface area (Å²) in [6, 6.07) is 9.33.